The molecule has 1 saturated carbocycles. The number of halogens is 1. The summed E-state index contributed by atoms with van der Waals surface area (Å²) in [6.45, 7) is 4.04. The smallest absolute Gasteiger partial charge is 0.243 e. The van der Waals surface area contributed by atoms with Gasteiger partial charge >= 0.3 is 0 Å². The van der Waals surface area contributed by atoms with Crippen molar-refractivity contribution in [2.45, 2.75) is 43.5 Å². The van der Waals surface area contributed by atoms with E-state index in [0.717, 1.165) is 12.5 Å². The van der Waals surface area contributed by atoms with E-state index in [1.54, 1.807) is 0 Å². The fourth-order valence-electron chi connectivity index (χ4n) is 3.69. The molecule has 2 fully saturated rings. The largest absolute Gasteiger partial charge is 0.360 e. The Morgan fingerprint density at radius 2 is 1.88 bits per heavy atom. The van der Waals surface area contributed by atoms with Crippen molar-refractivity contribution in [1.29, 1.82) is 0 Å². The van der Waals surface area contributed by atoms with Gasteiger partial charge in [-0.25, -0.2) is 12.8 Å². The summed E-state index contributed by atoms with van der Waals surface area (Å²) < 4.78 is 40.1. The van der Waals surface area contributed by atoms with E-state index in [1.165, 1.54) is 41.8 Å². The molecule has 0 bridgehead atoms. The van der Waals surface area contributed by atoms with E-state index < -0.39 is 15.8 Å². The number of hydrogen-bond donors (Lipinski definition) is 1. The van der Waals surface area contributed by atoms with Crippen LogP contribution in [0, 0.1) is 11.7 Å². The van der Waals surface area contributed by atoms with E-state index in [-0.39, 0.29) is 4.90 Å². The molecule has 2 aliphatic rings. The molecule has 0 aromatic heterocycles. The van der Waals surface area contributed by atoms with E-state index in [9.17, 15) is 12.8 Å². The van der Waals surface area contributed by atoms with Crippen molar-refractivity contribution in [2.75, 3.05) is 26.2 Å². The molecule has 2 atom stereocenters. The minimum Gasteiger partial charge on any atom is -0.360 e. The van der Waals surface area contributed by atoms with Gasteiger partial charge in [0.15, 0.2) is 5.11 Å². The fourth-order valence-corrected chi connectivity index (χ4v) is 5.48. The van der Waals surface area contributed by atoms with Crippen LogP contribution >= 0.6 is 12.2 Å². The first-order valence-electron chi connectivity index (χ1n) is 9.19. The van der Waals surface area contributed by atoms with Gasteiger partial charge in [-0.1, -0.05) is 25.8 Å². The van der Waals surface area contributed by atoms with Gasteiger partial charge in [0.25, 0.3) is 0 Å². The second-order valence-electron chi connectivity index (χ2n) is 7.17. The lowest BCUT2D eigenvalue weighted by Crippen LogP contribution is -2.55. The molecule has 0 amide bonds. The van der Waals surface area contributed by atoms with Crippen LogP contribution in [0.15, 0.2) is 29.2 Å². The minimum absolute atomic E-state index is 0.00248. The third-order valence-electron chi connectivity index (χ3n) is 5.38. The number of rotatable bonds is 3. The van der Waals surface area contributed by atoms with Gasteiger partial charge < -0.3 is 10.2 Å². The minimum atomic E-state index is -3.67. The number of thiocarbonyl (C=S) groups is 1. The van der Waals surface area contributed by atoms with Crippen molar-refractivity contribution in [3.05, 3.63) is 30.1 Å². The van der Waals surface area contributed by atoms with E-state index in [1.807, 2.05) is 4.90 Å². The van der Waals surface area contributed by atoms with Crippen LogP contribution in [0.25, 0.3) is 0 Å². The monoisotopic (exact) mass is 399 g/mol. The maximum absolute atomic E-state index is 13.4. The van der Waals surface area contributed by atoms with Crippen LogP contribution in [-0.2, 0) is 10.0 Å². The van der Waals surface area contributed by atoms with Gasteiger partial charge in [0.2, 0.25) is 10.0 Å². The molecule has 8 heteroatoms. The topological polar surface area (TPSA) is 52.6 Å². The molecule has 5 nitrogen and oxygen atoms in total. The molecule has 0 unspecified atom stereocenters. The van der Waals surface area contributed by atoms with Crippen LogP contribution in [0.4, 0.5) is 4.39 Å². The summed E-state index contributed by atoms with van der Waals surface area (Å²) in [5, 5.41) is 4.19. The van der Waals surface area contributed by atoms with Gasteiger partial charge in [-0.3, -0.25) is 0 Å². The Bertz CT molecular complexity index is 749. The predicted octanol–water partition coefficient (Wildman–Crippen LogP) is 2.59. The van der Waals surface area contributed by atoms with Crippen LogP contribution in [0.3, 0.4) is 0 Å². The highest BCUT2D eigenvalue weighted by molar-refractivity contribution is 7.89. The Morgan fingerprint density at radius 1 is 1.19 bits per heavy atom. The van der Waals surface area contributed by atoms with Crippen molar-refractivity contribution in [1.82, 2.24) is 14.5 Å². The Hall–Kier alpha value is -1.25. The number of nitrogens with zero attached hydrogens (tertiary/aromatic N) is 2. The van der Waals surface area contributed by atoms with E-state index in [4.69, 9.17) is 12.2 Å². The van der Waals surface area contributed by atoms with E-state index in [2.05, 4.69) is 12.2 Å². The molecule has 1 aromatic carbocycles. The molecular formula is C18H26FN3O2S2. The SMILES string of the molecule is C[C@H]1CCCC[C@H]1NC(=S)N1CCN(S(=O)(=O)c2cccc(F)c2)CC1. The normalized spacial score (nSPS) is 25.1. The maximum atomic E-state index is 13.4. The first kappa shape index (κ1) is 19.5. The van der Waals surface area contributed by atoms with Gasteiger partial charge in [-0.05, 0) is 49.2 Å². The first-order valence-corrected chi connectivity index (χ1v) is 11.0. The Labute approximate surface area is 160 Å². The average molecular weight is 400 g/mol. The highest BCUT2D eigenvalue weighted by Gasteiger charge is 2.30. The van der Waals surface area contributed by atoms with Gasteiger partial charge in [0.1, 0.15) is 5.82 Å². The Balaban J connectivity index is 1.57. The Kier molecular flexibility index (Phi) is 6.14. The third-order valence-corrected chi connectivity index (χ3v) is 7.65. The van der Waals surface area contributed by atoms with Gasteiger partial charge in [-0.15, -0.1) is 0 Å². The molecule has 26 heavy (non-hydrogen) atoms. The van der Waals surface area contributed by atoms with E-state index >= 15 is 0 Å². The number of piperazine rings is 1. The zero-order valence-corrected chi connectivity index (χ0v) is 16.7. The zero-order valence-electron chi connectivity index (χ0n) is 15.0. The molecular weight excluding hydrogens is 373 g/mol. The van der Waals surface area contributed by atoms with E-state index in [0.29, 0.717) is 43.3 Å². The standard InChI is InChI=1S/C18H26FN3O2S2/c1-14-5-2-3-8-17(14)20-18(25)21-9-11-22(12-10-21)26(23,24)16-7-4-6-15(19)13-16/h4,6-7,13-14,17H,2-3,5,8-12H2,1H3,(H,20,25)/t14-,17+/m0/s1. The fraction of sp³-hybridized carbons (Fsp3) is 0.611. The average Bonchev–Trinajstić information content (AvgIpc) is 2.63. The molecule has 1 N–H and O–H groups in total. The van der Waals surface area contributed by atoms with Crippen LogP contribution in [0.5, 0.6) is 0 Å². The molecule has 1 aliphatic carbocycles. The van der Waals surface area contributed by atoms with Crippen molar-refractivity contribution in [2.24, 2.45) is 5.92 Å². The summed E-state index contributed by atoms with van der Waals surface area (Å²) in [7, 11) is -3.67. The maximum Gasteiger partial charge on any atom is 0.243 e. The predicted molar refractivity (Wildman–Crippen MR) is 104 cm³/mol. The molecule has 1 aromatic rings. The van der Waals surface area contributed by atoms with Crippen molar-refractivity contribution >= 4 is 27.4 Å². The molecule has 1 heterocycles. The summed E-state index contributed by atoms with van der Waals surface area (Å²) in [5.41, 5.74) is 0. The van der Waals surface area contributed by atoms with Crippen LogP contribution in [0.2, 0.25) is 0 Å². The van der Waals surface area contributed by atoms with Gasteiger partial charge in [0.05, 0.1) is 4.90 Å². The van der Waals surface area contributed by atoms with Crippen molar-refractivity contribution in [3.8, 4) is 0 Å². The highest BCUT2D eigenvalue weighted by Crippen LogP contribution is 2.24. The summed E-state index contributed by atoms with van der Waals surface area (Å²) in [5.74, 6) is 0.0630. The zero-order chi connectivity index (χ0) is 18.7. The second-order valence-corrected chi connectivity index (χ2v) is 9.49. The molecule has 3 rings (SSSR count). The molecule has 1 saturated heterocycles. The quantitative estimate of drug-likeness (QED) is 0.792. The summed E-state index contributed by atoms with van der Waals surface area (Å²) in [6, 6.07) is 5.57. The van der Waals surface area contributed by atoms with Crippen LogP contribution < -0.4 is 5.32 Å². The van der Waals surface area contributed by atoms with Crippen LogP contribution in [0.1, 0.15) is 32.6 Å². The first-order chi connectivity index (χ1) is 12.4. The van der Waals surface area contributed by atoms with Gasteiger partial charge in [-0.2, -0.15) is 4.31 Å². The number of nitrogens with one attached hydrogen (secondary N) is 1. The summed E-state index contributed by atoms with van der Waals surface area (Å²) >= 11 is 5.55. The lowest BCUT2D eigenvalue weighted by molar-refractivity contribution is 0.251. The van der Waals surface area contributed by atoms with Crippen LogP contribution in [-0.4, -0.2) is 55.0 Å². The van der Waals surface area contributed by atoms with Gasteiger partial charge in [0, 0.05) is 32.2 Å². The molecule has 1 aliphatic heterocycles. The molecule has 0 spiro atoms. The molecule has 0 radical (unpaired) electrons. The number of sulfonamides is 1. The summed E-state index contributed by atoms with van der Waals surface area (Å²) in [4.78, 5) is 2.04. The lowest BCUT2D eigenvalue weighted by atomic mass is 9.86. The highest BCUT2D eigenvalue weighted by atomic mass is 32.2. The Morgan fingerprint density at radius 3 is 2.54 bits per heavy atom. The molecule has 144 valence electrons. The third kappa shape index (κ3) is 4.35. The lowest BCUT2D eigenvalue weighted by Gasteiger charge is -2.38. The van der Waals surface area contributed by atoms with Crippen molar-refractivity contribution < 1.29 is 12.8 Å². The number of hydrogen-bond acceptors (Lipinski definition) is 3. The van der Waals surface area contributed by atoms with Crippen molar-refractivity contribution in [3.63, 3.8) is 0 Å². The summed E-state index contributed by atoms with van der Waals surface area (Å²) in [6.07, 6.45) is 4.86. The number of benzene rings is 1. The second kappa shape index (κ2) is 8.19.